The zero-order valence-electron chi connectivity index (χ0n) is 18.0. The monoisotopic (exact) mass is 460 g/mol. The van der Waals surface area contributed by atoms with Gasteiger partial charge in [0.25, 0.3) is 17.5 Å². The van der Waals surface area contributed by atoms with Crippen LogP contribution in [0, 0.1) is 10.1 Å². The van der Waals surface area contributed by atoms with Crippen LogP contribution in [-0.2, 0) is 4.74 Å². The van der Waals surface area contributed by atoms with Crippen molar-refractivity contribution < 1.29 is 19.2 Å². The molecule has 2 aromatic rings. The lowest BCUT2D eigenvalue weighted by Gasteiger charge is -2.30. The molecule has 32 heavy (non-hydrogen) atoms. The average Bonchev–Trinajstić information content (AvgIpc) is 2.80. The molecule has 1 fully saturated rings. The molecule has 0 atom stereocenters. The van der Waals surface area contributed by atoms with E-state index in [9.17, 15) is 19.7 Å². The molecule has 0 saturated carbocycles. The summed E-state index contributed by atoms with van der Waals surface area (Å²) in [6.07, 6.45) is 0. The third-order valence-electron chi connectivity index (χ3n) is 5.30. The predicted octanol–water partition coefficient (Wildman–Crippen LogP) is 3.82. The maximum absolute atomic E-state index is 13.1. The van der Waals surface area contributed by atoms with E-state index in [1.807, 2.05) is 18.7 Å². The molecular formula is C22H25ClN4O5. The van der Waals surface area contributed by atoms with Crippen LogP contribution in [-0.4, -0.2) is 61.0 Å². The average molecular weight is 461 g/mol. The Bertz CT molecular complexity index is 1020. The van der Waals surface area contributed by atoms with E-state index in [1.165, 1.54) is 18.2 Å². The first-order chi connectivity index (χ1) is 15.3. The maximum atomic E-state index is 13.1. The van der Waals surface area contributed by atoms with Crippen LogP contribution < -0.4 is 10.2 Å². The highest BCUT2D eigenvalue weighted by molar-refractivity contribution is 6.34. The Morgan fingerprint density at radius 1 is 1.12 bits per heavy atom. The molecule has 1 aliphatic rings. The van der Waals surface area contributed by atoms with Crippen molar-refractivity contribution in [3.8, 4) is 0 Å². The number of rotatable bonds is 7. The first-order valence-electron chi connectivity index (χ1n) is 10.4. The third kappa shape index (κ3) is 5.17. The minimum Gasteiger partial charge on any atom is -0.378 e. The number of nitrogens with zero attached hydrogens (tertiary/aromatic N) is 3. The molecule has 10 heteroatoms. The van der Waals surface area contributed by atoms with Gasteiger partial charge in [-0.3, -0.25) is 19.7 Å². The summed E-state index contributed by atoms with van der Waals surface area (Å²) >= 11 is 6.32. The number of carbonyl (C=O) groups excluding carboxylic acids is 2. The van der Waals surface area contributed by atoms with Crippen LogP contribution in [0.1, 0.15) is 34.6 Å². The predicted molar refractivity (Wildman–Crippen MR) is 123 cm³/mol. The molecule has 0 aliphatic carbocycles. The molecule has 9 nitrogen and oxygen atoms in total. The summed E-state index contributed by atoms with van der Waals surface area (Å²) in [5.41, 5.74) is 1.33. The number of benzene rings is 2. The Balaban J connectivity index is 1.87. The van der Waals surface area contributed by atoms with E-state index in [4.69, 9.17) is 16.3 Å². The maximum Gasteiger partial charge on any atom is 0.270 e. The Kier molecular flexibility index (Phi) is 7.66. The SMILES string of the molecule is CCN(CC)C(=O)c1ccc(NC(=O)c2cc([N+](=O)[O-])ccc2N2CCOCC2)cc1Cl. The number of non-ortho nitro benzene ring substituents is 1. The molecule has 0 aromatic heterocycles. The van der Waals surface area contributed by atoms with Crippen LogP contribution in [0.4, 0.5) is 17.1 Å². The largest absolute Gasteiger partial charge is 0.378 e. The van der Waals surface area contributed by atoms with Gasteiger partial charge in [0.2, 0.25) is 0 Å². The van der Waals surface area contributed by atoms with Gasteiger partial charge in [0, 0.05) is 44.0 Å². The molecule has 170 valence electrons. The number of nitro groups is 1. The molecule has 1 N–H and O–H groups in total. The van der Waals surface area contributed by atoms with E-state index in [1.54, 1.807) is 23.1 Å². The number of hydrogen-bond donors (Lipinski definition) is 1. The van der Waals surface area contributed by atoms with Gasteiger partial charge in [-0.1, -0.05) is 11.6 Å². The van der Waals surface area contributed by atoms with Gasteiger partial charge in [0.15, 0.2) is 0 Å². The smallest absolute Gasteiger partial charge is 0.270 e. The molecule has 0 unspecified atom stereocenters. The lowest BCUT2D eigenvalue weighted by molar-refractivity contribution is -0.384. The molecule has 1 heterocycles. The molecule has 1 saturated heterocycles. The second-order valence-corrected chi connectivity index (χ2v) is 7.59. The van der Waals surface area contributed by atoms with E-state index in [0.29, 0.717) is 56.3 Å². The molecule has 2 amide bonds. The number of nitrogens with one attached hydrogen (secondary N) is 1. The minimum atomic E-state index is -0.537. The summed E-state index contributed by atoms with van der Waals surface area (Å²) < 4.78 is 5.36. The second-order valence-electron chi connectivity index (χ2n) is 7.18. The number of ether oxygens (including phenoxy) is 1. The number of anilines is 2. The first-order valence-corrected chi connectivity index (χ1v) is 10.7. The molecule has 0 bridgehead atoms. The van der Waals surface area contributed by atoms with Crippen molar-refractivity contribution in [1.29, 1.82) is 0 Å². The molecule has 3 rings (SSSR count). The fourth-order valence-electron chi connectivity index (χ4n) is 3.55. The number of hydrogen-bond acceptors (Lipinski definition) is 6. The zero-order chi connectivity index (χ0) is 23.3. The van der Waals surface area contributed by atoms with Crippen molar-refractivity contribution >= 4 is 40.5 Å². The van der Waals surface area contributed by atoms with Crippen molar-refractivity contribution in [3.05, 3.63) is 62.7 Å². The topological polar surface area (TPSA) is 105 Å². The lowest BCUT2D eigenvalue weighted by atomic mass is 10.1. The zero-order valence-corrected chi connectivity index (χ0v) is 18.7. The third-order valence-corrected chi connectivity index (χ3v) is 5.61. The number of nitro benzene ring substituents is 1. The Labute approximate surface area is 191 Å². The summed E-state index contributed by atoms with van der Waals surface area (Å²) in [7, 11) is 0. The van der Waals surface area contributed by atoms with Crippen LogP contribution in [0.2, 0.25) is 5.02 Å². The van der Waals surface area contributed by atoms with E-state index >= 15 is 0 Å². The standard InChI is InChI=1S/C22H25ClN4O5/c1-3-25(4-2)22(29)17-7-5-15(13-19(17)23)24-21(28)18-14-16(27(30)31)6-8-20(18)26-9-11-32-12-10-26/h5-8,13-14H,3-4,9-12H2,1-2H3,(H,24,28). The van der Waals surface area contributed by atoms with Gasteiger partial charge in [-0.05, 0) is 38.1 Å². The number of halogens is 1. The van der Waals surface area contributed by atoms with Crippen LogP contribution in [0.25, 0.3) is 0 Å². The van der Waals surface area contributed by atoms with Gasteiger partial charge in [-0.2, -0.15) is 0 Å². The summed E-state index contributed by atoms with van der Waals surface area (Å²) in [6.45, 7) is 7.05. The van der Waals surface area contributed by atoms with E-state index < -0.39 is 10.8 Å². The number of amides is 2. The van der Waals surface area contributed by atoms with Crippen molar-refractivity contribution in [2.24, 2.45) is 0 Å². The minimum absolute atomic E-state index is 0.176. The molecule has 0 radical (unpaired) electrons. The summed E-state index contributed by atoms with van der Waals surface area (Å²) in [6, 6.07) is 8.88. The van der Waals surface area contributed by atoms with Gasteiger partial charge < -0.3 is 19.9 Å². The second kappa shape index (κ2) is 10.4. The molecule has 2 aromatic carbocycles. The summed E-state index contributed by atoms with van der Waals surface area (Å²) in [4.78, 5) is 40.0. The Morgan fingerprint density at radius 2 is 1.81 bits per heavy atom. The highest BCUT2D eigenvalue weighted by atomic mass is 35.5. The van der Waals surface area contributed by atoms with Gasteiger partial charge in [-0.25, -0.2) is 0 Å². The Morgan fingerprint density at radius 3 is 2.41 bits per heavy atom. The van der Waals surface area contributed by atoms with Crippen molar-refractivity contribution in [2.45, 2.75) is 13.8 Å². The molecular weight excluding hydrogens is 436 g/mol. The van der Waals surface area contributed by atoms with Crippen LogP contribution >= 0.6 is 11.6 Å². The van der Waals surface area contributed by atoms with Crippen molar-refractivity contribution in [3.63, 3.8) is 0 Å². The van der Waals surface area contributed by atoms with Crippen molar-refractivity contribution in [1.82, 2.24) is 4.90 Å². The van der Waals surface area contributed by atoms with Gasteiger partial charge in [0.1, 0.15) is 0 Å². The summed E-state index contributed by atoms with van der Waals surface area (Å²) in [5.74, 6) is -0.694. The lowest BCUT2D eigenvalue weighted by Crippen LogP contribution is -2.37. The van der Waals surface area contributed by atoms with Crippen LogP contribution in [0.3, 0.4) is 0 Å². The van der Waals surface area contributed by atoms with E-state index in [2.05, 4.69) is 5.32 Å². The van der Waals surface area contributed by atoms with Gasteiger partial charge in [-0.15, -0.1) is 0 Å². The highest BCUT2D eigenvalue weighted by Gasteiger charge is 2.23. The molecule has 0 spiro atoms. The Hall–Kier alpha value is -3.17. The van der Waals surface area contributed by atoms with Gasteiger partial charge >= 0.3 is 0 Å². The fourth-order valence-corrected chi connectivity index (χ4v) is 3.81. The summed E-state index contributed by atoms with van der Waals surface area (Å²) in [5, 5.41) is 14.2. The van der Waals surface area contributed by atoms with Crippen LogP contribution in [0.15, 0.2) is 36.4 Å². The number of carbonyl (C=O) groups is 2. The fraction of sp³-hybridized carbons (Fsp3) is 0.364. The van der Waals surface area contributed by atoms with Crippen LogP contribution in [0.5, 0.6) is 0 Å². The normalized spacial score (nSPS) is 13.5. The van der Waals surface area contributed by atoms with Gasteiger partial charge in [0.05, 0.1) is 40.0 Å². The highest BCUT2D eigenvalue weighted by Crippen LogP contribution is 2.28. The van der Waals surface area contributed by atoms with E-state index in [-0.39, 0.29) is 22.2 Å². The first kappa shape index (κ1) is 23.5. The quantitative estimate of drug-likeness (QED) is 0.497. The molecule has 1 aliphatic heterocycles. The number of morpholine rings is 1. The van der Waals surface area contributed by atoms with Crippen molar-refractivity contribution in [2.75, 3.05) is 49.6 Å². The van der Waals surface area contributed by atoms with E-state index in [0.717, 1.165) is 0 Å².